The van der Waals surface area contributed by atoms with E-state index >= 15 is 0 Å². The number of aromatic amines is 1. The molecule has 1 heterocycles. The smallest absolute Gasteiger partial charge is 0.145 e. The first kappa shape index (κ1) is 20.7. The number of H-pyrrole nitrogens is 1. The normalized spacial score (nSPS) is 12.3. The van der Waals surface area contributed by atoms with Gasteiger partial charge >= 0.3 is 0 Å². The van der Waals surface area contributed by atoms with Crippen LogP contribution in [0, 0.1) is 0 Å². The maximum absolute atomic E-state index is 5.98. The van der Waals surface area contributed by atoms with Crippen LogP contribution in [0.25, 0.3) is 0 Å². The van der Waals surface area contributed by atoms with Crippen molar-refractivity contribution < 1.29 is 9.47 Å². The number of hydrogen-bond donors (Lipinski definition) is 2. The van der Waals surface area contributed by atoms with E-state index in [0.717, 1.165) is 25.9 Å². The number of aromatic nitrogens is 3. The summed E-state index contributed by atoms with van der Waals surface area (Å²) in [6.45, 7) is 13.9. The van der Waals surface area contributed by atoms with Crippen LogP contribution >= 0.6 is 24.3 Å². The number of hydrogen-bond acceptors (Lipinski definition) is 5. The quantitative estimate of drug-likeness (QED) is 0.352. The van der Waals surface area contributed by atoms with Gasteiger partial charge in [0.25, 0.3) is 0 Å². The molecule has 136 valence electrons. The van der Waals surface area contributed by atoms with E-state index < -0.39 is 9.52 Å². The molecule has 0 aliphatic carbocycles. The molecule has 0 saturated heterocycles. The van der Waals surface area contributed by atoms with Crippen LogP contribution in [0.5, 0.6) is 0 Å². The number of nitrogens with zero attached hydrogens (tertiary/aromatic N) is 3. The van der Waals surface area contributed by atoms with Crippen LogP contribution < -0.4 is 5.01 Å². The molecular weight excluding hydrogens is 348 g/mol. The van der Waals surface area contributed by atoms with Gasteiger partial charge in [-0.3, -0.25) is 5.01 Å². The summed E-state index contributed by atoms with van der Waals surface area (Å²) in [4.78, 5) is 1.25. The van der Waals surface area contributed by atoms with Crippen molar-refractivity contribution in [2.75, 3.05) is 31.3 Å². The van der Waals surface area contributed by atoms with Crippen LogP contribution in [0.2, 0.25) is 6.55 Å². The van der Waals surface area contributed by atoms with Crippen molar-refractivity contribution in [2.24, 2.45) is 0 Å². The van der Waals surface area contributed by atoms with Gasteiger partial charge < -0.3 is 9.47 Å². The largest absolute Gasteiger partial charge is 0.355 e. The summed E-state index contributed by atoms with van der Waals surface area (Å²) in [7, 11) is -0.451. The van der Waals surface area contributed by atoms with Crippen LogP contribution in [0.1, 0.15) is 39.0 Å². The van der Waals surface area contributed by atoms with Crippen LogP contribution in [-0.2, 0) is 15.9 Å². The molecule has 0 spiro atoms. The molecular formula is C14H32N4O2S2Si. The standard InChI is InChI=1S/C14H32N4O2S2Si/c1-6-16(7-2)18-15-17(21)12-13(22-18)10-11-14(23-5,19-8-3)20-9-4/h12,15,21H,6-11,23H2,1-5H3. The highest BCUT2D eigenvalue weighted by molar-refractivity contribution is 7.78. The summed E-state index contributed by atoms with van der Waals surface area (Å²) in [5.41, 5.74) is -0.350. The molecule has 0 bridgehead atoms. The topological polar surface area (TPSA) is 47.3 Å². The van der Waals surface area contributed by atoms with E-state index in [1.807, 2.05) is 24.2 Å². The molecule has 1 aromatic rings. The van der Waals surface area contributed by atoms with Gasteiger partial charge in [0.1, 0.15) is 5.41 Å². The molecule has 0 saturated carbocycles. The molecule has 9 heteroatoms. The van der Waals surface area contributed by atoms with Gasteiger partial charge in [0.15, 0.2) is 0 Å². The van der Waals surface area contributed by atoms with E-state index in [2.05, 4.69) is 43.4 Å². The molecule has 0 amide bonds. The van der Waals surface area contributed by atoms with Gasteiger partial charge in [-0.2, -0.15) is 0 Å². The second-order valence-electron chi connectivity index (χ2n) is 5.17. The van der Waals surface area contributed by atoms with Crippen LogP contribution in [0.15, 0.2) is 6.20 Å². The summed E-state index contributed by atoms with van der Waals surface area (Å²) in [5.74, 6) is 0. The lowest BCUT2D eigenvalue weighted by molar-refractivity contribution is -0.178. The third-order valence-corrected chi connectivity index (χ3v) is 6.82. The molecule has 6 nitrogen and oxygen atoms in total. The van der Waals surface area contributed by atoms with Gasteiger partial charge in [-0.1, -0.05) is 6.55 Å². The van der Waals surface area contributed by atoms with Crippen LogP contribution in [0.3, 0.4) is 0 Å². The Morgan fingerprint density at radius 1 is 1.26 bits per heavy atom. The summed E-state index contributed by atoms with van der Waals surface area (Å²) in [5, 5.41) is 5.42. The van der Waals surface area contributed by atoms with Gasteiger partial charge in [-0.25, -0.2) is 9.30 Å². The molecule has 1 N–H and O–H groups in total. The molecule has 0 fully saturated rings. The van der Waals surface area contributed by atoms with Crippen LogP contribution in [0.4, 0.5) is 0 Å². The predicted molar refractivity (Wildman–Crippen MR) is 105 cm³/mol. The molecule has 0 aliphatic heterocycles. The second-order valence-corrected chi connectivity index (χ2v) is 8.44. The maximum Gasteiger partial charge on any atom is 0.145 e. The van der Waals surface area contributed by atoms with Crippen molar-refractivity contribution >= 4 is 33.9 Å². The summed E-state index contributed by atoms with van der Waals surface area (Å²) in [6, 6.07) is 0. The monoisotopic (exact) mass is 380 g/mol. The average molecular weight is 381 g/mol. The summed E-state index contributed by atoms with van der Waals surface area (Å²) < 4.78 is 15.7. The summed E-state index contributed by atoms with van der Waals surface area (Å²) >= 11 is 6.14. The number of aryl methyl sites for hydroxylation is 1. The number of rotatable bonds is 11. The first-order chi connectivity index (χ1) is 11.0. The molecule has 1 aromatic heterocycles. The molecule has 1 rings (SSSR count). The van der Waals surface area contributed by atoms with Gasteiger partial charge in [0, 0.05) is 43.8 Å². The van der Waals surface area contributed by atoms with Crippen LogP contribution in [-0.4, -0.2) is 54.7 Å². The van der Waals surface area contributed by atoms with Crippen molar-refractivity contribution in [1.29, 1.82) is 0 Å². The van der Waals surface area contributed by atoms with Crippen molar-refractivity contribution in [3.8, 4) is 0 Å². The first-order valence-electron chi connectivity index (χ1n) is 8.50. The Morgan fingerprint density at radius 2 is 1.87 bits per heavy atom. The lowest BCUT2D eigenvalue weighted by atomic mass is 10.2. The predicted octanol–water partition coefficient (Wildman–Crippen LogP) is 2.35. The minimum Gasteiger partial charge on any atom is -0.355 e. The van der Waals surface area contributed by atoms with Crippen molar-refractivity contribution in [2.45, 2.75) is 52.5 Å². The van der Waals surface area contributed by atoms with Gasteiger partial charge in [-0.05, 0) is 58.5 Å². The summed E-state index contributed by atoms with van der Waals surface area (Å²) in [6.07, 6.45) is 3.83. The van der Waals surface area contributed by atoms with E-state index in [-0.39, 0.29) is 5.41 Å². The highest BCUT2D eigenvalue weighted by Crippen LogP contribution is 2.21. The van der Waals surface area contributed by atoms with Crippen molar-refractivity contribution in [3.05, 3.63) is 11.1 Å². The minimum absolute atomic E-state index is 0.350. The van der Waals surface area contributed by atoms with E-state index in [9.17, 15) is 0 Å². The fraction of sp³-hybridized carbons (Fsp3) is 0.857. The lowest BCUT2D eigenvalue weighted by Gasteiger charge is -2.32. The first-order valence-corrected chi connectivity index (χ1v) is 11.8. The average Bonchev–Trinajstić information content (AvgIpc) is 2.54. The molecule has 0 aromatic carbocycles. The Morgan fingerprint density at radius 3 is 2.35 bits per heavy atom. The number of ether oxygens (including phenoxy) is 2. The Kier molecular flexibility index (Phi) is 9.44. The van der Waals surface area contributed by atoms with E-state index in [1.165, 1.54) is 4.88 Å². The molecule has 0 unspecified atom stereocenters. The minimum atomic E-state index is -0.451. The van der Waals surface area contributed by atoms with E-state index in [1.54, 1.807) is 15.6 Å². The molecule has 23 heavy (non-hydrogen) atoms. The highest BCUT2D eigenvalue weighted by Gasteiger charge is 2.29. The fourth-order valence-corrected chi connectivity index (χ4v) is 5.28. The maximum atomic E-state index is 5.98. The Balaban J connectivity index is 2.90. The third kappa shape index (κ3) is 6.22. The Bertz CT molecular complexity index is 472. The van der Waals surface area contributed by atoms with Crippen molar-refractivity contribution in [3.63, 3.8) is 0 Å². The van der Waals surface area contributed by atoms with E-state index in [0.29, 0.717) is 13.2 Å². The zero-order valence-electron chi connectivity index (χ0n) is 15.0. The number of nitrogens with one attached hydrogen (secondary N) is 1. The SMILES string of the molecule is CCOC(CCc1cn(S)[nH]n(N(CC)CC)s1)(OCC)[SiH2]C. The molecule has 0 radical (unpaired) electrons. The van der Waals surface area contributed by atoms with Gasteiger partial charge in [0.05, 0.1) is 9.52 Å². The molecule has 0 atom stereocenters. The number of thiol groups is 1. The zero-order chi connectivity index (χ0) is 17.3. The Labute approximate surface area is 151 Å². The van der Waals surface area contributed by atoms with Gasteiger partial charge in [-0.15, -0.1) is 4.18 Å². The lowest BCUT2D eigenvalue weighted by Crippen LogP contribution is -2.42. The fourth-order valence-electron chi connectivity index (χ4n) is 2.53. The third-order valence-electron chi connectivity index (χ3n) is 3.75. The molecule has 0 aliphatic rings. The van der Waals surface area contributed by atoms with Crippen molar-refractivity contribution in [1.82, 2.24) is 13.5 Å². The van der Waals surface area contributed by atoms with Gasteiger partial charge in [0.2, 0.25) is 0 Å². The van der Waals surface area contributed by atoms with E-state index in [4.69, 9.17) is 9.47 Å². The zero-order valence-corrected chi connectivity index (χ0v) is 18.2. The second kappa shape index (κ2) is 10.5. The Hall–Kier alpha value is -0.353. The highest BCUT2D eigenvalue weighted by atomic mass is 32.1.